The van der Waals surface area contributed by atoms with E-state index in [0.29, 0.717) is 12.6 Å². The standard InChI is InChI=1S/C10H19NO3/c1-10(2,3)14-9(12)13-7-8-5-4-6-11-8/h8,11H,4-7H2,1-3H3. The summed E-state index contributed by atoms with van der Waals surface area (Å²) in [5, 5.41) is 3.24. The molecule has 1 unspecified atom stereocenters. The zero-order valence-corrected chi connectivity index (χ0v) is 9.13. The van der Waals surface area contributed by atoms with Gasteiger partial charge in [0.25, 0.3) is 0 Å². The van der Waals surface area contributed by atoms with Gasteiger partial charge in [0.05, 0.1) is 0 Å². The highest BCUT2D eigenvalue weighted by Crippen LogP contribution is 2.10. The largest absolute Gasteiger partial charge is 0.508 e. The Morgan fingerprint density at radius 3 is 2.71 bits per heavy atom. The van der Waals surface area contributed by atoms with E-state index in [1.165, 1.54) is 0 Å². The molecule has 1 saturated heterocycles. The number of rotatable bonds is 2. The Hall–Kier alpha value is -0.770. The van der Waals surface area contributed by atoms with Gasteiger partial charge in [-0.3, -0.25) is 0 Å². The molecule has 14 heavy (non-hydrogen) atoms. The Kier molecular flexibility index (Phi) is 3.75. The molecular formula is C10H19NO3. The van der Waals surface area contributed by atoms with Gasteiger partial charge in [-0.1, -0.05) is 0 Å². The molecule has 0 spiro atoms. The van der Waals surface area contributed by atoms with Crippen LogP contribution >= 0.6 is 0 Å². The Morgan fingerprint density at radius 2 is 2.21 bits per heavy atom. The van der Waals surface area contributed by atoms with Crippen molar-refractivity contribution in [2.24, 2.45) is 0 Å². The van der Waals surface area contributed by atoms with Gasteiger partial charge < -0.3 is 14.8 Å². The van der Waals surface area contributed by atoms with E-state index in [9.17, 15) is 4.79 Å². The third-order valence-corrected chi connectivity index (χ3v) is 1.95. The molecule has 0 aromatic heterocycles. The van der Waals surface area contributed by atoms with E-state index in [4.69, 9.17) is 9.47 Å². The van der Waals surface area contributed by atoms with Crippen LogP contribution in [0.4, 0.5) is 4.79 Å². The maximum absolute atomic E-state index is 11.1. The molecule has 1 N–H and O–H groups in total. The maximum Gasteiger partial charge on any atom is 0.508 e. The van der Waals surface area contributed by atoms with Gasteiger partial charge in [-0.25, -0.2) is 4.79 Å². The van der Waals surface area contributed by atoms with E-state index < -0.39 is 11.8 Å². The fourth-order valence-corrected chi connectivity index (χ4v) is 1.35. The van der Waals surface area contributed by atoms with E-state index in [2.05, 4.69) is 5.32 Å². The Labute approximate surface area is 85.0 Å². The van der Waals surface area contributed by atoms with Crippen molar-refractivity contribution >= 4 is 6.16 Å². The topological polar surface area (TPSA) is 47.6 Å². The number of carbonyl (C=O) groups excluding carboxylic acids is 1. The zero-order chi connectivity index (χ0) is 10.6. The van der Waals surface area contributed by atoms with Crippen LogP contribution in [0.2, 0.25) is 0 Å². The molecular weight excluding hydrogens is 182 g/mol. The first-order valence-corrected chi connectivity index (χ1v) is 5.06. The van der Waals surface area contributed by atoms with Crippen molar-refractivity contribution in [1.82, 2.24) is 5.32 Å². The van der Waals surface area contributed by atoms with Crippen molar-refractivity contribution in [2.75, 3.05) is 13.2 Å². The van der Waals surface area contributed by atoms with Crippen LogP contribution in [0.25, 0.3) is 0 Å². The van der Waals surface area contributed by atoms with Gasteiger partial charge in [-0.05, 0) is 40.2 Å². The van der Waals surface area contributed by atoms with E-state index in [1.807, 2.05) is 20.8 Å². The zero-order valence-electron chi connectivity index (χ0n) is 9.13. The number of hydrogen-bond donors (Lipinski definition) is 1. The lowest BCUT2D eigenvalue weighted by molar-refractivity contribution is -0.00994. The Bertz CT molecular complexity index is 192. The molecule has 1 rings (SSSR count). The van der Waals surface area contributed by atoms with Gasteiger partial charge in [0.2, 0.25) is 0 Å². The van der Waals surface area contributed by atoms with Crippen LogP contribution in [0.3, 0.4) is 0 Å². The summed E-state index contributed by atoms with van der Waals surface area (Å²) < 4.78 is 9.99. The number of hydrogen-bond acceptors (Lipinski definition) is 4. The van der Waals surface area contributed by atoms with Crippen molar-refractivity contribution in [2.45, 2.75) is 45.3 Å². The van der Waals surface area contributed by atoms with Gasteiger partial charge in [0.15, 0.2) is 0 Å². The second-order valence-corrected chi connectivity index (χ2v) is 4.57. The smallest absolute Gasteiger partial charge is 0.433 e. The van der Waals surface area contributed by atoms with Crippen LogP contribution in [0.15, 0.2) is 0 Å². The quantitative estimate of drug-likeness (QED) is 0.691. The van der Waals surface area contributed by atoms with Crippen molar-refractivity contribution in [3.63, 3.8) is 0 Å². The minimum absolute atomic E-state index is 0.308. The summed E-state index contributed by atoms with van der Waals surface area (Å²) in [7, 11) is 0. The van der Waals surface area contributed by atoms with Crippen LogP contribution < -0.4 is 5.32 Å². The lowest BCUT2D eigenvalue weighted by Crippen LogP contribution is -2.31. The van der Waals surface area contributed by atoms with Crippen LogP contribution in [-0.2, 0) is 9.47 Å². The minimum Gasteiger partial charge on any atom is -0.433 e. The van der Waals surface area contributed by atoms with Gasteiger partial charge >= 0.3 is 6.16 Å². The van der Waals surface area contributed by atoms with Gasteiger partial charge in [0, 0.05) is 6.04 Å². The second kappa shape index (κ2) is 4.64. The summed E-state index contributed by atoms with van der Waals surface area (Å²) in [5.74, 6) is 0. The second-order valence-electron chi connectivity index (χ2n) is 4.57. The maximum atomic E-state index is 11.1. The third kappa shape index (κ3) is 4.46. The lowest BCUT2D eigenvalue weighted by Gasteiger charge is -2.19. The molecule has 4 heteroatoms. The van der Waals surface area contributed by atoms with Crippen LogP contribution in [-0.4, -0.2) is 30.9 Å². The van der Waals surface area contributed by atoms with Gasteiger partial charge in [-0.15, -0.1) is 0 Å². The molecule has 1 aliphatic rings. The van der Waals surface area contributed by atoms with E-state index in [0.717, 1.165) is 19.4 Å². The van der Waals surface area contributed by atoms with Crippen molar-refractivity contribution in [3.8, 4) is 0 Å². The molecule has 4 nitrogen and oxygen atoms in total. The predicted octanol–water partition coefficient (Wildman–Crippen LogP) is 1.69. The summed E-state index contributed by atoms with van der Waals surface area (Å²) in [6.45, 7) is 6.89. The average Bonchev–Trinajstić information content (AvgIpc) is 2.49. The Morgan fingerprint density at radius 1 is 1.50 bits per heavy atom. The molecule has 82 valence electrons. The third-order valence-electron chi connectivity index (χ3n) is 1.95. The van der Waals surface area contributed by atoms with Crippen LogP contribution in [0.5, 0.6) is 0 Å². The molecule has 0 aromatic carbocycles. The molecule has 0 radical (unpaired) electrons. The first-order chi connectivity index (χ1) is 6.47. The highest BCUT2D eigenvalue weighted by Gasteiger charge is 2.20. The van der Waals surface area contributed by atoms with Gasteiger partial charge in [0.1, 0.15) is 12.2 Å². The Balaban J connectivity index is 2.14. The molecule has 0 amide bonds. The molecule has 1 aliphatic heterocycles. The summed E-state index contributed by atoms with van der Waals surface area (Å²) in [5.41, 5.74) is -0.472. The molecule has 1 atom stereocenters. The molecule has 0 saturated carbocycles. The van der Waals surface area contributed by atoms with E-state index >= 15 is 0 Å². The minimum atomic E-state index is -0.578. The summed E-state index contributed by atoms with van der Waals surface area (Å²) >= 11 is 0. The first kappa shape index (κ1) is 11.3. The van der Waals surface area contributed by atoms with Crippen molar-refractivity contribution < 1.29 is 14.3 Å². The number of nitrogens with one attached hydrogen (secondary N) is 1. The molecule has 0 aliphatic carbocycles. The molecule has 0 aromatic rings. The number of carbonyl (C=O) groups is 1. The summed E-state index contributed by atoms with van der Waals surface area (Å²) in [6.07, 6.45) is 1.65. The van der Waals surface area contributed by atoms with Crippen molar-refractivity contribution in [1.29, 1.82) is 0 Å². The average molecular weight is 201 g/mol. The highest BCUT2D eigenvalue weighted by molar-refractivity contribution is 5.60. The fraction of sp³-hybridized carbons (Fsp3) is 0.900. The SMILES string of the molecule is CC(C)(C)OC(=O)OCC1CCCN1. The van der Waals surface area contributed by atoms with Crippen LogP contribution in [0, 0.1) is 0 Å². The summed E-state index contributed by atoms with van der Waals surface area (Å²) in [4.78, 5) is 11.1. The molecule has 0 bridgehead atoms. The fourth-order valence-electron chi connectivity index (χ4n) is 1.35. The number of ether oxygens (including phenoxy) is 2. The monoisotopic (exact) mass is 201 g/mol. The van der Waals surface area contributed by atoms with E-state index in [-0.39, 0.29) is 0 Å². The van der Waals surface area contributed by atoms with Crippen LogP contribution in [0.1, 0.15) is 33.6 Å². The van der Waals surface area contributed by atoms with Gasteiger partial charge in [-0.2, -0.15) is 0 Å². The first-order valence-electron chi connectivity index (χ1n) is 5.06. The summed E-state index contributed by atoms with van der Waals surface area (Å²) in [6, 6.07) is 0.308. The lowest BCUT2D eigenvalue weighted by atomic mass is 10.2. The normalized spacial score (nSPS) is 22.1. The predicted molar refractivity (Wildman–Crippen MR) is 53.2 cm³/mol. The molecule has 1 fully saturated rings. The van der Waals surface area contributed by atoms with E-state index in [1.54, 1.807) is 0 Å². The van der Waals surface area contributed by atoms with Crippen molar-refractivity contribution in [3.05, 3.63) is 0 Å². The highest BCUT2D eigenvalue weighted by atomic mass is 16.7. The molecule has 1 heterocycles.